The number of pyridine rings is 1. The molecule has 0 aliphatic carbocycles. The lowest BCUT2D eigenvalue weighted by Gasteiger charge is -2.36. The highest BCUT2D eigenvalue weighted by molar-refractivity contribution is 7.89. The fourth-order valence-electron chi connectivity index (χ4n) is 2.08. The Labute approximate surface area is 113 Å². The molecule has 0 spiro atoms. The van der Waals surface area contributed by atoms with E-state index in [1.54, 1.807) is 6.07 Å². The van der Waals surface area contributed by atoms with Gasteiger partial charge >= 0.3 is 0 Å². The molecule has 0 amide bonds. The first kappa shape index (κ1) is 14.2. The van der Waals surface area contributed by atoms with E-state index in [0.29, 0.717) is 25.3 Å². The van der Waals surface area contributed by atoms with E-state index in [9.17, 15) is 8.42 Å². The fourth-order valence-corrected chi connectivity index (χ4v) is 3.69. The van der Waals surface area contributed by atoms with Crippen molar-refractivity contribution >= 4 is 15.7 Å². The molecule has 0 radical (unpaired) electrons. The molecule has 1 aliphatic heterocycles. The van der Waals surface area contributed by atoms with Crippen LogP contribution in [0.2, 0.25) is 0 Å². The van der Waals surface area contributed by atoms with Crippen LogP contribution in [0.3, 0.4) is 0 Å². The van der Waals surface area contributed by atoms with Crippen molar-refractivity contribution in [3.05, 3.63) is 18.5 Å². The first-order chi connectivity index (χ1) is 8.96. The molecule has 1 aromatic rings. The molecule has 1 aromatic heterocycles. The van der Waals surface area contributed by atoms with Crippen molar-refractivity contribution in [2.75, 3.05) is 32.1 Å². The highest BCUT2D eigenvalue weighted by Crippen LogP contribution is 2.24. The van der Waals surface area contributed by atoms with Gasteiger partial charge in [-0.15, -0.1) is 0 Å². The average Bonchev–Trinajstić information content (AvgIpc) is 2.41. The van der Waals surface area contributed by atoms with Crippen LogP contribution >= 0.6 is 0 Å². The second-order valence-electron chi connectivity index (χ2n) is 4.71. The zero-order valence-corrected chi connectivity index (χ0v) is 11.9. The van der Waals surface area contributed by atoms with Crippen molar-refractivity contribution in [2.24, 2.45) is 5.84 Å². The lowest BCUT2D eigenvalue weighted by molar-refractivity contribution is 0.159. The maximum absolute atomic E-state index is 12.6. The Morgan fingerprint density at radius 2 is 2.21 bits per heavy atom. The topological polar surface area (TPSA) is 91.6 Å². The molecule has 8 heteroatoms. The highest BCUT2D eigenvalue weighted by Gasteiger charge is 2.32. The molecular weight excluding hydrogens is 266 g/mol. The van der Waals surface area contributed by atoms with Crippen LogP contribution in [-0.2, 0) is 10.0 Å². The SMILES string of the molecule is CC1CN(S(=O)(=O)c2cnccc2NN)CCN1C. The largest absolute Gasteiger partial charge is 0.323 e. The molecule has 2 heterocycles. The van der Waals surface area contributed by atoms with E-state index >= 15 is 0 Å². The number of nitrogen functional groups attached to an aromatic ring is 1. The van der Waals surface area contributed by atoms with Crippen molar-refractivity contribution < 1.29 is 8.42 Å². The Morgan fingerprint density at radius 3 is 2.84 bits per heavy atom. The third-order valence-electron chi connectivity index (χ3n) is 3.48. The second kappa shape index (κ2) is 5.41. The Kier molecular flexibility index (Phi) is 4.04. The molecule has 3 N–H and O–H groups in total. The minimum Gasteiger partial charge on any atom is -0.323 e. The standard InChI is InChI=1S/C11H19N5O2S/c1-9-8-16(6-5-15(9)2)19(17,18)11-7-13-4-3-10(11)14-12/h3-4,7,9H,5-6,8,12H2,1-2H3,(H,13,14). The van der Waals surface area contributed by atoms with Crippen LogP contribution in [0.5, 0.6) is 0 Å². The summed E-state index contributed by atoms with van der Waals surface area (Å²) in [5.74, 6) is 5.36. The summed E-state index contributed by atoms with van der Waals surface area (Å²) < 4.78 is 26.7. The Balaban J connectivity index is 2.32. The summed E-state index contributed by atoms with van der Waals surface area (Å²) in [6.45, 7) is 3.67. The Hall–Kier alpha value is -1.22. The zero-order chi connectivity index (χ0) is 14.0. The molecule has 7 nitrogen and oxygen atoms in total. The quantitative estimate of drug-likeness (QED) is 0.585. The highest BCUT2D eigenvalue weighted by atomic mass is 32.2. The molecule has 1 fully saturated rings. The lowest BCUT2D eigenvalue weighted by Crippen LogP contribution is -2.51. The summed E-state index contributed by atoms with van der Waals surface area (Å²) in [6.07, 6.45) is 2.83. The predicted molar refractivity (Wildman–Crippen MR) is 72.9 cm³/mol. The number of sulfonamides is 1. The first-order valence-electron chi connectivity index (χ1n) is 6.08. The van der Waals surface area contributed by atoms with E-state index in [4.69, 9.17) is 5.84 Å². The lowest BCUT2D eigenvalue weighted by atomic mass is 10.2. The molecule has 106 valence electrons. The number of hydrazine groups is 1. The van der Waals surface area contributed by atoms with Crippen molar-refractivity contribution in [3.8, 4) is 0 Å². The van der Waals surface area contributed by atoms with E-state index in [0.717, 1.165) is 0 Å². The number of likely N-dealkylation sites (N-methyl/N-ethyl adjacent to an activating group) is 1. The third kappa shape index (κ3) is 2.71. The van der Waals surface area contributed by atoms with Gasteiger partial charge in [-0.25, -0.2) is 8.42 Å². The number of hydrogen-bond donors (Lipinski definition) is 2. The van der Waals surface area contributed by atoms with E-state index in [1.807, 2.05) is 14.0 Å². The summed E-state index contributed by atoms with van der Waals surface area (Å²) in [5, 5.41) is 0. The fraction of sp³-hybridized carbons (Fsp3) is 0.545. The van der Waals surface area contributed by atoms with Gasteiger partial charge in [0.2, 0.25) is 10.0 Å². The van der Waals surface area contributed by atoms with Gasteiger partial charge < -0.3 is 10.3 Å². The predicted octanol–water partition coefficient (Wildman–Crippen LogP) is -0.308. The molecule has 0 bridgehead atoms. The van der Waals surface area contributed by atoms with Crippen molar-refractivity contribution in [2.45, 2.75) is 17.9 Å². The summed E-state index contributed by atoms with van der Waals surface area (Å²) in [4.78, 5) is 6.13. The van der Waals surface area contributed by atoms with Crippen LogP contribution in [0.4, 0.5) is 5.69 Å². The van der Waals surface area contributed by atoms with Crippen LogP contribution in [0.15, 0.2) is 23.4 Å². The maximum Gasteiger partial charge on any atom is 0.246 e. The van der Waals surface area contributed by atoms with Crippen molar-refractivity contribution in [1.82, 2.24) is 14.2 Å². The smallest absolute Gasteiger partial charge is 0.246 e. The van der Waals surface area contributed by atoms with Crippen LogP contribution in [0, 0.1) is 0 Å². The van der Waals surface area contributed by atoms with Gasteiger partial charge in [0, 0.05) is 38.1 Å². The van der Waals surface area contributed by atoms with Gasteiger partial charge in [-0.05, 0) is 20.0 Å². The van der Waals surface area contributed by atoms with Crippen LogP contribution < -0.4 is 11.3 Å². The molecule has 1 atom stereocenters. The molecule has 19 heavy (non-hydrogen) atoms. The Morgan fingerprint density at radius 1 is 1.47 bits per heavy atom. The van der Waals surface area contributed by atoms with Crippen LogP contribution in [0.25, 0.3) is 0 Å². The number of hydrogen-bond acceptors (Lipinski definition) is 6. The van der Waals surface area contributed by atoms with E-state index in [2.05, 4.69) is 15.3 Å². The molecule has 1 saturated heterocycles. The number of nitrogens with one attached hydrogen (secondary N) is 1. The minimum atomic E-state index is -3.56. The van der Waals surface area contributed by atoms with E-state index in [-0.39, 0.29) is 10.9 Å². The number of aromatic nitrogens is 1. The minimum absolute atomic E-state index is 0.120. The summed E-state index contributed by atoms with van der Waals surface area (Å²) in [6, 6.07) is 1.74. The summed E-state index contributed by atoms with van der Waals surface area (Å²) in [5.41, 5.74) is 2.77. The van der Waals surface area contributed by atoms with Gasteiger partial charge in [0.25, 0.3) is 0 Å². The van der Waals surface area contributed by atoms with E-state index in [1.165, 1.54) is 16.7 Å². The molecule has 1 aliphatic rings. The van der Waals surface area contributed by atoms with Crippen LogP contribution in [0.1, 0.15) is 6.92 Å². The summed E-state index contributed by atoms with van der Waals surface area (Å²) >= 11 is 0. The average molecular weight is 285 g/mol. The van der Waals surface area contributed by atoms with Gasteiger partial charge in [0.15, 0.2) is 0 Å². The molecule has 0 saturated carbocycles. The molecule has 1 unspecified atom stereocenters. The zero-order valence-electron chi connectivity index (χ0n) is 11.1. The third-order valence-corrected chi connectivity index (χ3v) is 5.37. The normalized spacial score (nSPS) is 22.4. The van der Waals surface area contributed by atoms with Gasteiger partial charge in [-0.3, -0.25) is 10.8 Å². The van der Waals surface area contributed by atoms with Gasteiger partial charge in [-0.2, -0.15) is 4.31 Å². The number of nitrogens with two attached hydrogens (primary N) is 1. The molecule has 2 rings (SSSR count). The molecular formula is C11H19N5O2S. The number of nitrogens with zero attached hydrogens (tertiary/aromatic N) is 3. The van der Waals surface area contributed by atoms with Gasteiger partial charge in [0.05, 0.1) is 5.69 Å². The second-order valence-corrected chi connectivity index (χ2v) is 6.62. The number of rotatable bonds is 3. The van der Waals surface area contributed by atoms with Crippen molar-refractivity contribution in [1.29, 1.82) is 0 Å². The van der Waals surface area contributed by atoms with Crippen molar-refractivity contribution in [3.63, 3.8) is 0 Å². The summed E-state index contributed by atoms with van der Waals surface area (Å²) in [7, 11) is -1.57. The van der Waals surface area contributed by atoms with Gasteiger partial charge in [0.1, 0.15) is 4.90 Å². The Bertz CT molecular complexity index is 548. The maximum atomic E-state index is 12.6. The first-order valence-corrected chi connectivity index (χ1v) is 7.52. The van der Waals surface area contributed by atoms with Gasteiger partial charge in [-0.1, -0.05) is 0 Å². The van der Waals surface area contributed by atoms with Crippen LogP contribution in [-0.4, -0.2) is 55.3 Å². The number of anilines is 1. The van der Waals surface area contributed by atoms with E-state index < -0.39 is 10.0 Å². The monoisotopic (exact) mass is 285 g/mol. The molecule has 0 aromatic carbocycles. The number of piperazine rings is 1.